The van der Waals surface area contributed by atoms with Crippen molar-refractivity contribution in [3.8, 4) is 0 Å². The lowest BCUT2D eigenvalue weighted by molar-refractivity contribution is -0.137. The number of rotatable bonds is 2. The Morgan fingerprint density at radius 2 is 2.00 bits per heavy atom. The Balaban J connectivity index is 3.17. The quantitative estimate of drug-likeness (QED) is 0.837. The van der Waals surface area contributed by atoms with Crippen molar-refractivity contribution in [2.45, 2.75) is 19.0 Å². The van der Waals surface area contributed by atoms with Crippen molar-refractivity contribution < 1.29 is 18.3 Å². The minimum atomic E-state index is -4.46. The lowest BCUT2D eigenvalue weighted by atomic mass is 10.00. The number of aliphatic hydroxyl groups is 1. The van der Waals surface area contributed by atoms with Crippen LogP contribution in [0.1, 0.15) is 24.0 Å². The first-order chi connectivity index (χ1) is 6.86. The SMILES string of the molecule is CC(CO)c1ccc(Cl)c(C(F)(F)F)c1. The van der Waals surface area contributed by atoms with Crippen molar-refractivity contribution in [2.24, 2.45) is 0 Å². The Hall–Kier alpha value is -0.740. The molecule has 0 amide bonds. The first-order valence-corrected chi connectivity index (χ1v) is 4.71. The summed E-state index contributed by atoms with van der Waals surface area (Å²) in [6, 6.07) is 3.66. The van der Waals surface area contributed by atoms with Crippen LogP contribution in [-0.4, -0.2) is 11.7 Å². The zero-order valence-corrected chi connectivity index (χ0v) is 8.73. The van der Waals surface area contributed by atoms with Gasteiger partial charge in [0, 0.05) is 12.5 Å². The molecule has 0 aliphatic heterocycles. The summed E-state index contributed by atoms with van der Waals surface area (Å²) in [5.74, 6) is -0.330. The highest BCUT2D eigenvalue weighted by molar-refractivity contribution is 6.31. The van der Waals surface area contributed by atoms with Crippen LogP contribution in [0.3, 0.4) is 0 Å². The third kappa shape index (κ3) is 2.86. The van der Waals surface area contributed by atoms with Crippen molar-refractivity contribution in [1.82, 2.24) is 0 Å². The molecule has 1 aromatic carbocycles. The van der Waals surface area contributed by atoms with Gasteiger partial charge in [-0.1, -0.05) is 24.6 Å². The molecule has 5 heteroatoms. The number of aliphatic hydroxyl groups excluding tert-OH is 1. The molecule has 1 nitrogen and oxygen atoms in total. The molecule has 0 spiro atoms. The van der Waals surface area contributed by atoms with Gasteiger partial charge in [-0.05, 0) is 17.7 Å². The van der Waals surface area contributed by atoms with Gasteiger partial charge in [-0.25, -0.2) is 0 Å². The second-order valence-corrected chi connectivity index (χ2v) is 3.73. The van der Waals surface area contributed by atoms with E-state index in [0.29, 0.717) is 5.56 Å². The van der Waals surface area contributed by atoms with E-state index in [9.17, 15) is 13.2 Å². The molecule has 0 aliphatic carbocycles. The van der Waals surface area contributed by atoms with Crippen LogP contribution in [0.2, 0.25) is 5.02 Å². The van der Waals surface area contributed by atoms with Gasteiger partial charge >= 0.3 is 6.18 Å². The van der Waals surface area contributed by atoms with Gasteiger partial charge in [-0.15, -0.1) is 0 Å². The molecule has 0 fully saturated rings. The van der Waals surface area contributed by atoms with E-state index in [0.717, 1.165) is 6.07 Å². The standard InChI is InChI=1S/C10H10ClF3O/c1-6(5-15)7-2-3-9(11)8(4-7)10(12,13)14/h2-4,6,15H,5H2,1H3. The van der Waals surface area contributed by atoms with Crippen LogP contribution in [0.5, 0.6) is 0 Å². The predicted octanol–water partition coefficient (Wildman–Crippen LogP) is 3.45. The van der Waals surface area contributed by atoms with Gasteiger partial charge in [0.2, 0.25) is 0 Å². The molecule has 0 saturated carbocycles. The topological polar surface area (TPSA) is 20.2 Å². The van der Waals surface area contributed by atoms with Gasteiger partial charge in [0.15, 0.2) is 0 Å². The normalized spacial score (nSPS) is 14.0. The summed E-state index contributed by atoms with van der Waals surface area (Å²) in [5, 5.41) is 8.51. The van der Waals surface area contributed by atoms with Gasteiger partial charge in [0.1, 0.15) is 0 Å². The largest absolute Gasteiger partial charge is 0.417 e. The van der Waals surface area contributed by atoms with Crippen molar-refractivity contribution in [3.63, 3.8) is 0 Å². The van der Waals surface area contributed by atoms with Crippen LogP contribution in [0, 0.1) is 0 Å². The summed E-state index contributed by atoms with van der Waals surface area (Å²) >= 11 is 5.45. The van der Waals surface area contributed by atoms with Crippen LogP contribution < -0.4 is 0 Å². The number of alkyl halides is 3. The molecule has 0 aromatic heterocycles. The van der Waals surface area contributed by atoms with Crippen LogP contribution >= 0.6 is 11.6 Å². The first-order valence-electron chi connectivity index (χ1n) is 4.33. The molecule has 84 valence electrons. The molecule has 1 atom stereocenters. The summed E-state index contributed by atoms with van der Waals surface area (Å²) in [7, 11) is 0. The molecule has 1 aromatic rings. The number of halogens is 4. The Bertz CT molecular complexity index is 349. The van der Waals surface area contributed by atoms with Crippen LogP contribution in [0.15, 0.2) is 18.2 Å². The lowest BCUT2D eigenvalue weighted by Gasteiger charge is -2.13. The van der Waals surface area contributed by atoms with Crippen LogP contribution in [-0.2, 0) is 6.18 Å². The van der Waals surface area contributed by atoms with Gasteiger partial charge in [-0.3, -0.25) is 0 Å². The summed E-state index contributed by atoms with van der Waals surface area (Å²) < 4.78 is 37.3. The highest BCUT2D eigenvalue weighted by Gasteiger charge is 2.33. The second kappa shape index (κ2) is 4.41. The predicted molar refractivity (Wildman–Crippen MR) is 52.0 cm³/mol. The van der Waals surface area contributed by atoms with Crippen molar-refractivity contribution in [2.75, 3.05) is 6.61 Å². The number of hydrogen-bond acceptors (Lipinski definition) is 1. The van der Waals surface area contributed by atoms with E-state index in [2.05, 4.69) is 0 Å². The van der Waals surface area contributed by atoms with Crippen LogP contribution in [0.25, 0.3) is 0 Å². The molecular formula is C10H10ClF3O. The zero-order valence-electron chi connectivity index (χ0n) is 7.98. The third-order valence-electron chi connectivity index (χ3n) is 2.14. The molecule has 1 N–H and O–H groups in total. The maximum Gasteiger partial charge on any atom is 0.417 e. The fraction of sp³-hybridized carbons (Fsp3) is 0.400. The molecule has 0 radical (unpaired) electrons. The molecule has 0 saturated heterocycles. The molecule has 15 heavy (non-hydrogen) atoms. The highest BCUT2D eigenvalue weighted by Crippen LogP contribution is 2.36. The summed E-state index contributed by atoms with van der Waals surface area (Å²) in [5.41, 5.74) is -0.434. The van der Waals surface area contributed by atoms with E-state index in [4.69, 9.17) is 16.7 Å². The molecule has 0 bridgehead atoms. The summed E-state index contributed by atoms with van der Waals surface area (Å²) in [4.78, 5) is 0. The average molecular weight is 239 g/mol. The Kier molecular flexibility index (Phi) is 3.62. The van der Waals surface area contributed by atoms with Crippen molar-refractivity contribution in [3.05, 3.63) is 34.3 Å². The molecular weight excluding hydrogens is 229 g/mol. The average Bonchev–Trinajstić information content (AvgIpc) is 2.15. The van der Waals surface area contributed by atoms with E-state index in [-0.39, 0.29) is 17.5 Å². The van der Waals surface area contributed by atoms with E-state index in [1.54, 1.807) is 6.92 Å². The zero-order chi connectivity index (χ0) is 11.6. The summed E-state index contributed by atoms with van der Waals surface area (Å²) in [6.07, 6.45) is -4.46. The Labute approximate surface area is 90.5 Å². The molecule has 1 rings (SSSR count). The van der Waals surface area contributed by atoms with Gasteiger partial charge in [0.25, 0.3) is 0 Å². The smallest absolute Gasteiger partial charge is 0.396 e. The van der Waals surface area contributed by atoms with E-state index in [1.807, 2.05) is 0 Å². The number of benzene rings is 1. The van der Waals surface area contributed by atoms with E-state index < -0.39 is 11.7 Å². The molecule has 0 aliphatic rings. The maximum absolute atomic E-state index is 12.4. The Morgan fingerprint density at radius 3 is 2.47 bits per heavy atom. The van der Waals surface area contributed by atoms with E-state index >= 15 is 0 Å². The number of hydrogen-bond donors (Lipinski definition) is 1. The third-order valence-corrected chi connectivity index (χ3v) is 2.47. The molecule has 1 unspecified atom stereocenters. The maximum atomic E-state index is 12.4. The van der Waals surface area contributed by atoms with Crippen molar-refractivity contribution in [1.29, 1.82) is 0 Å². The minimum Gasteiger partial charge on any atom is -0.396 e. The fourth-order valence-electron chi connectivity index (χ4n) is 1.17. The van der Waals surface area contributed by atoms with Gasteiger partial charge in [-0.2, -0.15) is 13.2 Å². The van der Waals surface area contributed by atoms with Gasteiger partial charge in [0.05, 0.1) is 10.6 Å². The minimum absolute atomic E-state index is 0.196. The molecule has 0 heterocycles. The first kappa shape index (κ1) is 12.3. The lowest BCUT2D eigenvalue weighted by Crippen LogP contribution is -2.08. The summed E-state index contributed by atoms with van der Waals surface area (Å²) in [6.45, 7) is 1.45. The van der Waals surface area contributed by atoms with Gasteiger partial charge < -0.3 is 5.11 Å². The van der Waals surface area contributed by atoms with E-state index in [1.165, 1.54) is 12.1 Å². The fourth-order valence-corrected chi connectivity index (χ4v) is 1.40. The Morgan fingerprint density at radius 1 is 1.40 bits per heavy atom. The van der Waals surface area contributed by atoms with Crippen molar-refractivity contribution >= 4 is 11.6 Å². The highest BCUT2D eigenvalue weighted by atomic mass is 35.5. The van der Waals surface area contributed by atoms with Crippen LogP contribution in [0.4, 0.5) is 13.2 Å². The second-order valence-electron chi connectivity index (χ2n) is 3.32. The monoisotopic (exact) mass is 238 g/mol.